The number of amides is 3. The molecule has 2 aromatic rings. The molecule has 8 nitrogen and oxygen atoms in total. The van der Waals surface area contributed by atoms with Crippen LogP contribution in [-0.2, 0) is 11.3 Å². The van der Waals surface area contributed by atoms with Crippen LogP contribution in [0.3, 0.4) is 0 Å². The van der Waals surface area contributed by atoms with Crippen LogP contribution in [0.1, 0.15) is 66.1 Å². The van der Waals surface area contributed by atoms with Crippen molar-refractivity contribution in [3.8, 4) is 0 Å². The summed E-state index contributed by atoms with van der Waals surface area (Å²) in [6.45, 7) is 6.14. The van der Waals surface area contributed by atoms with E-state index in [1.54, 1.807) is 11.8 Å². The van der Waals surface area contributed by atoms with Crippen LogP contribution >= 0.6 is 0 Å². The average molecular weight is 424 g/mol. The predicted molar refractivity (Wildman–Crippen MR) is 117 cm³/mol. The van der Waals surface area contributed by atoms with Gasteiger partial charge >= 0.3 is 0 Å². The standard InChI is InChI=1S/C23H29N5O3/c1-4-27-21(30)19-13-18(20(29)25-17-12-8-5-9-15(17)2)26-28(19)14-23(27,3)22(31)24-16-10-6-7-11-16/h5,8-9,12-13,16H,4,6-7,10-11,14H2,1-3H3,(H,24,31)(H,25,29)/t23-/m1/s1. The summed E-state index contributed by atoms with van der Waals surface area (Å²) in [6.07, 6.45) is 4.16. The van der Waals surface area contributed by atoms with Crippen molar-refractivity contribution in [3.05, 3.63) is 47.3 Å². The second-order valence-electron chi connectivity index (χ2n) is 8.62. The zero-order valence-corrected chi connectivity index (χ0v) is 18.3. The monoisotopic (exact) mass is 423 g/mol. The third-order valence-corrected chi connectivity index (χ3v) is 6.42. The van der Waals surface area contributed by atoms with Gasteiger partial charge in [-0.15, -0.1) is 0 Å². The molecule has 0 saturated heterocycles. The van der Waals surface area contributed by atoms with Crippen LogP contribution in [0.4, 0.5) is 5.69 Å². The van der Waals surface area contributed by atoms with E-state index in [4.69, 9.17) is 0 Å². The van der Waals surface area contributed by atoms with Gasteiger partial charge in [-0.2, -0.15) is 5.10 Å². The number of aryl methyl sites for hydroxylation is 1. The molecule has 1 saturated carbocycles. The molecule has 0 bridgehead atoms. The number of rotatable bonds is 5. The fraction of sp³-hybridized carbons (Fsp3) is 0.478. The predicted octanol–water partition coefficient (Wildman–Crippen LogP) is 2.74. The molecular formula is C23H29N5O3. The molecule has 1 aliphatic heterocycles. The first-order chi connectivity index (χ1) is 14.8. The van der Waals surface area contributed by atoms with Gasteiger partial charge < -0.3 is 15.5 Å². The van der Waals surface area contributed by atoms with Crippen LogP contribution in [-0.4, -0.2) is 50.5 Å². The number of carbonyl (C=O) groups excluding carboxylic acids is 3. The van der Waals surface area contributed by atoms with Crippen molar-refractivity contribution >= 4 is 23.4 Å². The first kappa shape index (κ1) is 21.1. The molecule has 1 atom stereocenters. The number of anilines is 1. The molecule has 1 fully saturated rings. The van der Waals surface area contributed by atoms with Crippen molar-refractivity contribution in [1.29, 1.82) is 0 Å². The van der Waals surface area contributed by atoms with Gasteiger partial charge in [-0.3, -0.25) is 19.1 Å². The molecular weight excluding hydrogens is 394 g/mol. The number of carbonyl (C=O) groups is 3. The third-order valence-electron chi connectivity index (χ3n) is 6.42. The van der Waals surface area contributed by atoms with Gasteiger partial charge in [-0.25, -0.2) is 0 Å². The van der Waals surface area contributed by atoms with Crippen LogP contribution < -0.4 is 10.6 Å². The van der Waals surface area contributed by atoms with Crippen LogP contribution in [0, 0.1) is 6.92 Å². The van der Waals surface area contributed by atoms with Gasteiger partial charge in [-0.05, 0) is 45.2 Å². The number of benzene rings is 1. The smallest absolute Gasteiger partial charge is 0.276 e. The summed E-state index contributed by atoms with van der Waals surface area (Å²) in [5.41, 5.74) is 1.05. The van der Waals surface area contributed by atoms with E-state index in [-0.39, 0.29) is 36.0 Å². The molecule has 164 valence electrons. The van der Waals surface area contributed by atoms with Gasteiger partial charge in [0.2, 0.25) is 5.91 Å². The lowest BCUT2D eigenvalue weighted by molar-refractivity contribution is -0.133. The lowest BCUT2D eigenvalue weighted by Gasteiger charge is -2.43. The Morgan fingerprint density at radius 1 is 1.23 bits per heavy atom. The van der Waals surface area contributed by atoms with Crippen LogP contribution in [0.25, 0.3) is 0 Å². The number of aromatic nitrogens is 2. The highest BCUT2D eigenvalue weighted by Gasteiger charge is 2.48. The number of fused-ring (bicyclic) bond motifs is 1. The van der Waals surface area contributed by atoms with Crippen molar-refractivity contribution in [3.63, 3.8) is 0 Å². The number of hydrogen-bond donors (Lipinski definition) is 2. The topological polar surface area (TPSA) is 96.3 Å². The van der Waals surface area contributed by atoms with Gasteiger partial charge in [0.15, 0.2) is 5.69 Å². The molecule has 4 rings (SSSR count). The molecule has 8 heteroatoms. The van der Waals surface area contributed by atoms with E-state index in [0.29, 0.717) is 17.9 Å². The van der Waals surface area contributed by atoms with Crippen LogP contribution in [0.2, 0.25) is 0 Å². The molecule has 1 aromatic carbocycles. The van der Waals surface area contributed by atoms with Gasteiger partial charge in [0, 0.05) is 24.3 Å². The number of likely N-dealkylation sites (N-methyl/N-ethyl adjacent to an activating group) is 1. The van der Waals surface area contributed by atoms with E-state index in [9.17, 15) is 14.4 Å². The highest BCUT2D eigenvalue weighted by Crippen LogP contribution is 2.29. The Hall–Kier alpha value is -3.16. The molecule has 3 amide bonds. The lowest BCUT2D eigenvalue weighted by Crippen LogP contribution is -2.64. The van der Waals surface area contributed by atoms with E-state index in [1.165, 1.54) is 10.7 Å². The Kier molecular flexibility index (Phi) is 5.56. The van der Waals surface area contributed by atoms with Crippen molar-refractivity contribution in [2.75, 3.05) is 11.9 Å². The molecule has 1 aromatic heterocycles. The highest BCUT2D eigenvalue weighted by molar-refractivity contribution is 6.06. The summed E-state index contributed by atoms with van der Waals surface area (Å²) in [5.74, 6) is -0.842. The third kappa shape index (κ3) is 3.82. The Balaban J connectivity index is 1.59. The second kappa shape index (κ2) is 8.17. The van der Waals surface area contributed by atoms with Crippen molar-refractivity contribution < 1.29 is 14.4 Å². The van der Waals surface area contributed by atoms with Gasteiger partial charge in [0.05, 0.1) is 6.54 Å². The summed E-state index contributed by atoms with van der Waals surface area (Å²) >= 11 is 0. The summed E-state index contributed by atoms with van der Waals surface area (Å²) in [4.78, 5) is 40.8. The maximum atomic E-state index is 13.2. The Labute approximate surface area is 182 Å². The summed E-state index contributed by atoms with van der Waals surface area (Å²) in [6, 6.07) is 9.14. The fourth-order valence-corrected chi connectivity index (χ4v) is 4.56. The van der Waals surface area contributed by atoms with Crippen molar-refractivity contribution in [1.82, 2.24) is 20.0 Å². The minimum absolute atomic E-state index is 0.156. The SMILES string of the molecule is CCN1C(=O)c2cc(C(=O)Nc3ccccc3C)nn2C[C@]1(C)C(=O)NC1CCCC1. The summed E-state index contributed by atoms with van der Waals surface area (Å²) in [7, 11) is 0. The second-order valence-corrected chi connectivity index (χ2v) is 8.62. The Morgan fingerprint density at radius 3 is 2.61 bits per heavy atom. The molecule has 0 radical (unpaired) electrons. The summed E-state index contributed by atoms with van der Waals surface area (Å²) in [5, 5.41) is 10.4. The van der Waals surface area contributed by atoms with Gasteiger partial charge in [-0.1, -0.05) is 31.0 Å². The maximum absolute atomic E-state index is 13.2. The Bertz CT molecular complexity index is 1020. The first-order valence-electron chi connectivity index (χ1n) is 10.9. The normalized spacial score (nSPS) is 21.1. The quantitative estimate of drug-likeness (QED) is 0.773. The first-order valence-corrected chi connectivity index (χ1v) is 10.9. The van der Waals surface area contributed by atoms with Gasteiger partial charge in [0.25, 0.3) is 11.8 Å². The fourth-order valence-electron chi connectivity index (χ4n) is 4.56. The van der Waals surface area contributed by atoms with E-state index in [2.05, 4.69) is 15.7 Å². The zero-order valence-electron chi connectivity index (χ0n) is 18.3. The molecule has 0 unspecified atom stereocenters. The van der Waals surface area contributed by atoms with Crippen LogP contribution in [0.15, 0.2) is 30.3 Å². The molecule has 0 spiro atoms. The number of hydrogen-bond acceptors (Lipinski definition) is 4. The summed E-state index contributed by atoms with van der Waals surface area (Å²) < 4.78 is 1.50. The van der Waals surface area contributed by atoms with E-state index < -0.39 is 5.54 Å². The minimum Gasteiger partial charge on any atom is -0.351 e. The Morgan fingerprint density at radius 2 is 1.94 bits per heavy atom. The molecule has 2 aliphatic rings. The molecule has 31 heavy (non-hydrogen) atoms. The van der Waals surface area contributed by atoms with Crippen LogP contribution in [0.5, 0.6) is 0 Å². The molecule has 1 aliphatic carbocycles. The molecule has 2 heterocycles. The number of nitrogens with one attached hydrogen (secondary N) is 2. The van der Waals surface area contributed by atoms with E-state index in [0.717, 1.165) is 31.2 Å². The van der Waals surface area contributed by atoms with E-state index in [1.807, 2.05) is 38.1 Å². The largest absolute Gasteiger partial charge is 0.351 e. The van der Waals surface area contributed by atoms with Gasteiger partial charge in [0.1, 0.15) is 11.2 Å². The lowest BCUT2D eigenvalue weighted by atomic mass is 9.94. The molecule has 2 N–H and O–H groups in total. The highest BCUT2D eigenvalue weighted by atomic mass is 16.2. The van der Waals surface area contributed by atoms with Crippen molar-refractivity contribution in [2.24, 2.45) is 0 Å². The van der Waals surface area contributed by atoms with Crippen molar-refractivity contribution in [2.45, 2.75) is 64.6 Å². The minimum atomic E-state index is -1.06. The maximum Gasteiger partial charge on any atom is 0.276 e. The number of para-hydroxylation sites is 1. The number of nitrogens with zero attached hydrogens (tertiary/aromatic N) is 3. The zero-order chi connectivity index (χ0) is 22.2. The van der Waals surface area contributed by atoms with E-state index >= 15 is 0 Å². The average Bonchev–Trinajstić information content (AvgIpc) is 3.40.